The number of alkyl halides is 2. The summed E-state index contributed by atoms with van der Waals surface area (Å²) in [5.74, 6) is -0.479. The first-order chi connectivity index (χ1) is 9.00. The maximum absolute atomic E-state index is 13.8. The summed E-state index contributed by atoms with van der Waals surface area (Å²) in [6, 6.07) is 5.99. The second-order valence-electron chi connectivity index (χ2n) is 3.99. The van der Waals surface area contributed by atoms with Gasteiger partial charge < -0.3 is 4.90 Å². The molecule has 0 saturated carbocycles. The molecule has 1 aliphatic rings. The van der Waals surface area contributed by atoms with Crippen molar-refractivity contribution >= 4 is 17.3 Å². The second-order valence-corrected chi connectivity index (χ2v) is 4.40. The summed E-state index contributed by atoms with van der Waals surface area (Å²) in [5.41, 5.74) is 0.806. The van der Waals surface area contributed by atoms with Crippen molar-refractivity contribution < 1.29 is 13.2 Å². The highest BCUT2D eigenvalue weighted by atomic mass is 35.5. The zero-order valence-electron chi connectivity index (χ0n) is 9.91. The van der Waals surface area contributed by atoms with Crippen molar-refractivity contribution in [1.82, 2.24) is 4.90 Å². The maximum Gasteiger partial charge on any atom is 0.256 e. The molecule has 100 valence electrons. The van der Waals surface area contributed by atoms with Crippen molar-refractivity contribution in [2.75, 3.05) is 6.54 Å². The zero-order valence-corrected chi connectivity index (χ0v) is 10.7. The number of hydrogen-bond acceptors (Lipinski definition) is 1. The molecule has 1 aromatic carbocycles. The lowest BCUT2D eigenvalue weighted by molar-refractivity contribution is 0.123. The van der Waals surface area contributed by atoms with Gasteiger partial charge in [0.2, 0.25) is 0 Å². The van der Waals surface area contributed by atoms with E-state index in [1.807, 2.05) is 0 Å². The molecule has 2 rings (SSSR count). The second kappa shape index (κ2) is 5.53. The number of rotatable bonds is 3. The normalized spacial score (nSPS) is 15.6. The zero-order chi connectivity index (χ0) is 14.0. The van der Waals surface area contributed by atoms with Gasteiger partial charge in [-0.15, -0.1) is 0 Å². The summed E-state index contributed by atoms with van der Waals surface area (Å²) < 4.78 is 39.1. The van der Waals surface area contributed by atoms with Crippen LogP contribution in [0.4, 0.5) is 13.2 Å². The monoisotopic (exact) mass is 285 g/mol. The molecule has 0 aromatic heterocycles. The molecular weight excluding hydrogens is 275 g/mol. The predicted molar refractivity (Wildman–Crippen MR) is 70.2 cm³/mol. The summed E-state index contributed by atoms with van der Waals surface area (Å²) in [4.78, 5) is 1.23. The fourth-order valence-corrected chi connectivity index (χ4v) is 2.03. The van der Waals surface area contributed by atoms with Crippen LogP contribution < -0.4 is 0 Å². The van der Waals surface area contributed by atoms with Gasteiger partial charge in [0.1, 0.15) is 5.82 Å². The molecule has 0 spiro atoms. The first-order valence-electron chi connectivity index (χ1n) is 5.58. The Labute approximate surface area is 114 Å². The van der Waals surface area contributed by atoms with Crippen LogP contribution in [0.1, 0.15) is 5.56 Å². The number of halogens is 4. The minimum Gasteiger partial charge on any atom is -0.334 e. The first kappa shape index (κ1) is 13.7. The highest BCUT2D eigenvalue weighted by molar-refractivity contribution is 6.32. The smallest absolute Gasteiger partial charge is 0.256 e. The minimum atomic E-state index is -2.57. The molecule has 0 saturated heterocycles. The third-order valence-corrected chi connectivity index (χ3v) is 3.09. The van der Waals surface area contributed by atoms with Crippen LogP contribution in [0.3, 0.4) is 0 Å². The van der Waals surface area contributed by atoms with Crippen LogP contribution in [-0.2, 0) is 0 Å². The highest BCUT2D eigenvalue weighted by Gasteiger charge is 2.24. The molecule has 0 N–H and O–H groups in total. The average molecular weight is 286 g/mol. The number of nitrogens with zero attached hydrogens (tertiary/aromatic N) is 1. The Morgan fingerprint density at radius 1 is 1.21 bits per heavy atom. The van der Waals surface area contributed by atoms with Gasteiger partial charge in [-0.2, -0.15) is 0 Å². The average Bonchev–Trinajstić information content (AvgIpc) is 2.36. The molecule has 1 heterocycles. The van der Waals surface area contributed by atoms with Gasteiger partial charge in [-0.25, -0.2) is 13.2 Å². The first-order valence-corrected chi connectivity index (χ1v) is 5.96. The standard InChI is InChI=1S/C14H11ClF3N/c1-9-11(15)6-7-13(19(9)8-14(17)18)10-4-2-3-5-12(10)16/h2-7,14H,1,8H2. The molecule has 0 atom stereocenters. The summed E-state index contributed by atoms with van der Waals surface area (Å²) in [7, 11) is 0. The fourth-order valence-electron chi connectivity index (χ4n) is 1.86. The Morgan fingerprint density at radius 3 is 2.53 bits per heavy atom. The van der Waals surface area contributed by atoms with Crippen molar-refractivity contribution in [2.24, 2.45) is 0 Å². The number of benzene rings is 1. The molecule has 0 radical (unpaired) electrons. The molecule has 0 aliphatic carbocycles. The van der Waals surface area contributed by atoms with Gasteiger partial charge in [-0.1, -0.05) is 30.3 Å². The van der Waals surface area contributed by atoms with E-state index in [-0.39, 0.29) is 16.3 Å². The van der Waals surface area contributed by atoms with Gasteiger partial charge in [0.15, 0.2) is 0 Å². The van der Waals surface area contributed by atoms with E-state index in [1.54, 1.807) is 6.07 Å². The highest BCUT2D eigenvalue weighted by Crippen LogP contribution is 2.33. The third kappa shape index (κ3) is 2.84. The molecular formula is C14H11ClF3N. The van der Waals surface area contributed by atoms with Crippen molar-refractivity contribution in [3.05, 3.63) is 65.1 Å². The molecule has 19 heavy (non-hydrogen) atoms. The van der Waals surface area contributed by atoms with Crippen molar-refractivity contribution in [3.63, 3.8) is 0 Å². The van der Waals surface area contributed by atoms with Gasteiger partial charge in [0, 0.05) is 5.56 Å². The molecule has 1 aliphatic heterocycles. The lowest BCUT2D eigenvalue weighted by Crippen LogP contribution is -2.28. The van der Waals surface area contributed by atoms with Gasteiger partial charge in [-0.3, -0.25) is 0 Å². The summed E-state index contributed by atoms with van der Waals surface area (Å²) in [6.07, 6.45) is 0.459. The quantitative estimate of drug-likeness (QED) is 0.796. The van der Waals surface area contributed by atoms with Crippen LogP contribution >= 0.6 is 11.6 Å². The van der Waals surface area contributed by atoms with Crippen LogP contribution in [-0.4, -0.2) is 17.9 Å². The van der Waals surface area contributed by atoms with Crippen LogP contribution in [0.15, 0.2) is 53.7 Å². The van der Waals surface area contributed by atoms with Crippen LogP contribution in [0.5, 0.6) is 0 Å². The number of hydrogen-bond donors (Lipinski definition) is 0. The van der Waals surface area contributed by atoms with E-state index in [2.05, 4.69) is 6.58 Å². The number of allylic oxidation sites excluding steroid dienone is 3. The molecule has 1 aromatic rings. The van der Waals surface area contributed by atoms with Crippen LogP contribution in [0, 0.1) is 5.82 Å². The van der Waals surface area contributed by atoms with E-state index >= 15 is 0 Å². The van der Waals surface area contributed by atoms with Crippen LogP contribution in [0.2, 0.25) is 0 Å². The molecule has 0 fully saturated rings. The van der Waals surface area contributed by atoms with Crippen molar-refractivity contribution in [3.8, 4) is 0 Å². The Hall–Kier alpha value is -1.68. The predicted octanol–water partition coefficient (Wildman–Crippen LogP) is 4.38. The van der Waals surface area contributed by atoms with Gasteiger partial charge in [0.25, 0.3) is 6.43 Å². The van der Waals surface area contributed by atoms with E-state index in [0.29, 0.717) is 5.70 Å². The van der Waals surface area contributed by atoms with Crippen molar-refractivity contribution in [1.29, 1.82) is 0 Å². The molecule has 0 unspecified atom stereocenters. The third-order valence-electron chi connectivity index (χ3n) is 2.75. The summed E-state index contributed by atoms with van der Waals surface area (Å²) >= 11 is 5.87. The van der Waals surface area contributed by atoms with Gasteiger partial charge >= 0.3 is 0 Å². The molecule has 5 heteroatoms. The largest absolute Gasteiger partial charge is 0.334 e. The van der Waals surface area contributed by atoms with Crippen molar-refractivity contribution in [2.45, 2.75) is 6.43 Å². The Kier molecular flexibility index (Phi) is 4.00. The minimum absolute atomic E-state index is 0.239. The van der Waals surface area contributed by atoms with E-state index in [1.165, 1.54) is 35.3 Å². The maximum atomic E-state index is 13.8. The molecule has 0 bridgehead atoms. The Bertz CT molecular complexity index is 564. The lowest BCUT2D eigenvalue weighted by atomic mass is 10.1. The SMILES string of the molecule is C=C1C(Cl)=CC=C(c2ccccc2F)N1CC(F)F. The Morgan fingerprint density at radius 2 is 1.89 bits per heavy atom. The summed E-state index contributed by atoms with van der Waals surface area (Å²) in [5, 5.41) is 0.265. The fraction of sp³-hybridized carbons (Fsp3) is 0.143. The lowest BCUT2D eigenvalue weighted by Gasteiger charge is -2.31. The molecule has 1 nitrogen and oxygen atoms in total. The summed E-state index contributed by atoms with van der Waals surface area (Å²) in [6.45, 7) is 3.08. The van der Waals surface area contributed by atoms with E-state index < -0.39 is 18.8 Å². The topological polar surface area (TPSA) is 3.24 Å². The van der Waals surface area contributed by atoms with E-state index in [4.69, 9.17) is 11.6 Å². The van der Waals surface area contributed by atoms with Gasteiger partial charge in [0.05, 0.1) is 23.0 Å². The Balaban J connectivity index is 2.46. The van der Waals surface area contributed by atoms with E-state index in [0.717, 1.165) is 0 Å². The van der Waals surface area contributed by atoms with Crippen LogP contribution in [0.25, 0.3) is 5.70 Å². The van der Waals surface area contributed by atoms with E-state index in [9.17, 15) is 13.2 Å². The molecule has 0 amide bonds. The van der Waals surface area contributed by atoms with Gasteiger partial charge in [-0.05, 0) is 24.3 Å².